The Kier molecular flexibility index (Phi) is 4.54. The summed E-state index contributed by atoms with van der Waals surface area (Å²) in [6, 6.07) is 0. The molecule has 1 aromatic heterocycles. The molecule has 1 amide bonds. The summed E-state index contributed by atoms with van der Waals surface area (Å²) in [7, 11) is 1.82. The van der Waals surface area contributed by atoms with Gasteiger partial charge in [-0.2, -0.15) is 0 Å². The predicted octanol–water partition coefficient (Wildman–Crippen LogP) is 1.76. The predicted molar refractivity (Wildman–Crippen MR) is 78.2 cm³/mol. The van der Waals surface area contributed by atoms with Crippen molar-refractivity contribution in [3.8, 4) is 0 Å². The van der Waals surface area contributed by atoms with Crippen molar-refractivity contribution in [3.63, 3.8) is 0 Å². The fourth-order valence-corrected chi connectivity index (χ4v) is 2.27. The molecule has 6 heteroatoms. The standard InChI is InChI=1S/C14H23N5O/c1-9(2)13-16-7-11(18-15)12(17-13)14(20)19(3)8-10-5-4-6-10/h7,9-10,18H,4-6,8,15H2,1-3H3. The zero-order chi connectivity index (χ0) is 14.7. The number of hydrogen-bond donors (Lipinski definition) is 2. The van der Waals surface area contributed by atoms with E-state index >= 15 is 0 Å². The third-order valence-electron chi connectivity index (χ3n) is 3.79. The maximum Gasteiger partial charge on any atom is 0.274 e. The lowest BCUT2D eigenvalue weighted by Gasteiger charge is -2.30. The number of anilines is 1. The summed E-state index contributed by atoms with van der Waals surface area (Å²) < 4.78 is 0. The van der Waals surface area contributed by atoms with E-state index in [2.05, 4.69) is 15.4 Å². The van der Waals surface area contributed by atoms with Crippen LogP contribution in [0.2, 0.25) is 0 Å². The minimum atomic E-state index is -0.103. The van der Waals surface area contributed by atoms with Gasteiger partial charge in [-0.15, -0.1) is 0 Å². The number of amides is 1. The van der Waals surface area contributed by atoms with Gasteiger partial charge in [-0.3, -0.25) is 10.6 Å². The number of carbonyl (C=O) groups is 1. The van der Waals surface area contributed by atoms with Gasteiger partial charge >= 0.3 is 0 Å². The van der Waals surface area contributed by atoms with E-state index < -0.39 is 0 Å². The van der Waals surface area contributed by atoms with E-state index in [9.17, 15) is 4.79 Å². The largest absolute Gasteiger partial charge is 0.340 e. The third-order valence-corrected chi connectivity index (χ3v) is 3.79. The van der Waals surface area contributed by atoms with Crippen molar-refractivity contribution in [2.45, 2.75) is 39.0 Å². The molecule has 20 heavy (non-hydrogen) atoms. The van der Waals surface area contributed by atoms with Crippen molar-refractivity contribution in [1.29, 1.82) is 0 Å². The number of aromatic nitrogens is 2. The molecule has 1 fully saturated rings. The van der Waals surface area contributed by atoms with Crippen LogP contribution < -0.4 is 11.3 Å². The highest BCUT2D eigenvalue weighted by atomic mass is 16.2. The first-order valence-corrected chi connectivity index (χ1v) is 7.12. The van der Waals surface area contributed by atoms with Crippen LogP contribution in [-0.2, 0) is 0 Å². The summed E-state index contributed by atoms with van der Waals surface area (Å²) >= 11 is 0. The lowest BCUT2D eigenvalue weighted by atomic mass is 9.85. The number of rotatable bonds is 5. The first-order valence-electron chi connectivity index (χ1n) is 7.12. The molecule has 0 aliphatic heterocycles. The number of hydrogen-bond acceptors (Lipinski definition) is 5. The maximum atomic E-state index is 12.5. The van der Waals surface area contributed by atoms with E-state index in [0.29, 0.717) is 23.1 Å². The molecule has 1 saturated carbocycles. The summed E-state index contributed by atoms with van der Waals surface area (Å²) in [6.07, 6.45) is 5.27. The first-order chi connectivity index (χ1) is 9.52. The molecule has 0 radical (unpaired) electrons. The van der Waals surface area contributed by atoms with Gasteiger partial charge in [0.2, 0.25) is 0 Å². The quantitative estimate of drug-likeness (QED) is 0.633. The summed E-state index contributed by atoms with van der Waals surface area (Å²) in [5, 5.41) is 0. The molecule has 0 unspecified atom stereocenters. The molecule has 0 saturated heterocycles. The van der Waals surface area contributed by atoms with E-state index in [1.807, 2.05) is 20.9 Å². The van der Waals surface area contributed by atoms with Crippen LogP contribution in [0.15, 0.2) is 6.20 Å². The van der Waals surface area contributed by atoms with Gasteiger partial charge in [0.05, 0.1) is 11.9 Å². The van der Waals surface area contributed by atoms with Crippen LogP contribution in [0.3, 0.4) is 0 Å². The molecular formula is C14H23N5O. The Morgan fingerprint density at radius 1 is 1.55 bits per heavy atom. The molecule has 0 bridgehead atoms. The summed E-state index contributed by atoms with van der Waals surface area (Å²) in [5.41, 5.74) is 3.33. The molecule has 1 heterocycles. The van der Waals surface area contributed by atoms with Crippen molar-refractivity contribution in [2.75, 3.05) is 19.0 Å². The summed E-state index contributed by atoms with van der Waals surface area (Å²) in [5.74, 6) is 6.81. The van der Waals surface area contributed by atoms with Gasteiger partial charge < -0.3 is 10.3 Å². The van der Waals surface area contributed by atoms with Crippen LogP contribution in [0.4, 0.5) is 5.69 Å². The van der Waals surface area contributed by atoms with Gasteiger partial charge in [0.15, 0.2) is 5.69 Å². The van der Waals surface area contributed by atoms with E-state index in [4.69, 9.17) is 5.84 Å². The third kappa shape index (κ3) is 3.07. The monoisotopic (exact) mass is 277 g/mol. The number of nitrogens with zero attached hydrogens (tertiary/aromatic N) is 3. The van der Waals surface area contributed by atoms with Crippen LogP contribution in [0.5, 0.6) is 0 Å². The fraction of sp³-hybridized carbons (Fsp3) is 0.643. The second-order valence-corrected chi connectivity index (χ2v) is 5.77. The van der Waals surface area contributed by atoms with E-state index in [0.717, 1.165) is 6.54 Å². The molecule has 0 aromatic carbocycles. The molecule has 110 valence electrons. The van der Waals surface area contributed by atoms with Gasteiger partial charge in [0.1, 0.15) is 5.82 Å². The Morgan fingerprint density at radius 2 is 2.25 bits per heavy atom. The second-order valence-electron chi connectivity index (χ2n) is 5.77. The summed E-state index contributed by atoms with van der Waals surface area (Å²) in [4.78, 5) is 22.8. The first kappa shape index (κ1) is 14.7. The smallest absolute Gasteiger partial charge is 0.274 e. The number of nitrogens with one attached hydrogen (secondary N) is 1. The van der Waals surface area contributed by atoms with Gasteiger partial charge in [-0.05, 0) is 18.8 Å². The van der Waals surface area contributed by atoms with E-state index in [1.165, 1.54) is 19.3 Å². The zero-order valence-electron chi connectivity index (χ0n) is 12.4. The summed E-state index contributed by atoms with van der Waals surface area (Å²) in [6.45, 7) is 4.78. The Morgan fingerprint density at radius 3 is 2.75 bits per heavy atom. The molecular weight excluding hydrogens is 254 g/mol. The fourth-order valence-electron chi connectivity index (χ4n) is 2.27. The van der Waals surface area contributed by atoms with Crippen molar-refractivity contribution in [3.05, 3.63) is 17.7 Å². The van der Waals surface area contributed by atoms with Crippen LogP contribution >= 0.6 is 0 Å². The number of hydrazine groups is 1. The highest BCUT2D eigenvalue weighted by Gasteiger charge is 2.24. The molecule has 1 aromatic rings. The zero-order valence-corrected chi connectivity index (χ0v) is 12.4. The van der Waals surface area contributed by atoms with Crippen molar-refractivity contribution in [2.24, 2.45) is 11.8 Å². The maximum absolute atomic E-state index is 12.5. The van der Waals surface area contributed by atoms with Gasteiger partial charge in [0.25, 0.3) is 5.91 Å². The highest BCUT2D eigenvalue weighted by Crippen LogP contribution is 2.27. The lowest BCUT2D eigenvalue weighted by molar-refractivity contribution is 0.0740. The highest BCUT2D eigenvalue weighted by molar-refractivity contribution is 5.97. The average molecular weight is 277 g/mol. The Labute approximate surface area is 119 Å². The van der Waals surface area contributed by atoms with Crippen LogP contribution in [0.1, 0.15) is 55.3 Å². The molecule has 0 atom stereocenters. The van der Waals surface area contributed by atoms with Crippen LogP contribution in [-0.4, -0.2) is 34.4 Å². The Bertz CT molecular complexity index is 484. The Hall–Kier alpha value is -1.69. The van der Waals surface area contributed by atoms with Gasteiger partial charge in [0, 0.05) is 19.5 Å². The number of nitrogen functional groups attached to an aromatic ring is 1. The van der Waals surface area contributed by atoms with E-state index in [-0.39, 0.29) is 11.8 Å². The lowest BCUT2D eigenvalue weighted by Crippen LogP contribution is -2.35. The van der Waals surface area contributed by atoms with Crippen molar-refractivity contribution in [1.82, 2.24) is 14.9 Å². The van der Waals surface area contributed by atoms with Gasteiger partial charge in [-0.1, -0.05) is 20.3 Å². The van der Waals surface area contributed by atoms with Crippen LogP contribution in [0, 0.1) is 5.92 Å². The SMILES string of the molecule is CC(C)c1ncc(NN)c(C(=O)N(C)CC2CCC2)n1. The van der Waals surface area contributed by atoms with Crippen molar-refractivity contribution < 1.29 is 4.79 Å². The average Bonchev–Trinajstić information content (AvgIpc) is 2.40. The molecule has 1 aliphatic carbocycles. The normalized spacial score (nSPS) is 15.1. The minimum absolute atomic E-state index is 0.103. The minimum Gasteiger partial charge on any atom is -0.340 e. The number of carbonyl (C=O) groups excluding carboxylic acids is 1. The topological polar surface area (TPSA) is 84.1 Å². The van der Waals surface area contributed by atoms with Gasteiger partial charge in [-0.25, -0.2) is 9.97 Å². The molecule has 1 aliphatic rings. The van der Waals surface area contributed by atoms with Crippen molar-refractivity contribution >= 4 is 11.6 Å². The molecule has 3 N–H and O–H groups in total. The molecule has 6 nitrogen and oxygen atoms in total. The molecule has 2 rings (SSSR count). The van der Waals surface area contributed by atoms with E-state index in [1.54, 1.807) is 11.1 Å². The Balaban J connectivity index is 2.19. The molecule has 0 spiro atoms. The second kappa shape index (κ2) is 6.17. The number of nitrogens with two attached hydrogens (primary N) is 1. The van der Waals surface area contributed by atoms with Crippen LogP contribution in [0.25, 0.3) is 0 Å².